The van der Waals surface area contributed by atoms with E-state index in [9.17, 15) is 22.0 Å². The van der Waals surface area contributed by atoms with E-state index in [1.54, 1.807) is 0 Å². The molecule has 0 aliphatic heterocycles. The van der Waals surface area contributed by atoms with E-state index in [-0.39, 0.29) is 0 Å². The van der Waals surface area contributed by atoms with E-state index >= 15 is 0 Å². The van der Waals surface area contributed by atoms with E-state index in [1.807, 2.05) is 0 Å². The van der Waals surface area contributed by atoms with Crippen molar-refractivity contribution in [3.63, 3.8) is 0 Å². The molecule has 1 rings (SSSR count). The second kappa shape index (κ2) is 4.63. The highest BCUT2D eigenvalue weighted by molar-refractivity contribution is 5.40. The summed E-state index contributed by atoms with van der Waals surface area (Å²) in [5.74, 6) is 0. The highest BCUT2D eigenvalue weighted by Crippen LogP contribution is 2.33. The van der Waals surface area contributed by atoms with Crippen LogP contribution in [0.25, 0.3) is 0 Å². The molecule has 1 heterocycles. The van der Waals surface area contributed by atoms with Gasteiger partial charge in [-0.3, -0.25) is 0 Å². The summed E-state index contributed by atoms with van der Waals surface area (Å²) in [6.45, 7) is -1.06. The smallest absolute Gasteiger partial charge is 0.390 e. The number of rotatable bonds is 2. The van der Waals surface area contributed by atoms with Crippen LogP contribution >= 0.6 is 0 Å². The average molecular weight is 252 g/mol. The normalized spacial score (nSPS) is 11.6. The second-order valence-corrected chi connectivity index (χ2v) is 2.99. The Morgan fingerprint density at radius 3 is 2.35 bits per heavy atom. The van der Waals surface area contributed by atoms with E-state index in [0.717, 1.165) is 6.07 Å². The molecule has 0 atom stereocenters. The molecular weight excluding hydrogens is 247 g/mol. The van der Waals surface area contributed by atoms with E-state index in [1.165, 1.54) is 0 Å². The number of aliphatic hydroxyl groups excluding tert-OH is 1. The third-order valence-electron chi connectivity index (χ3n) is 1.91. The minimum atomic E-state index is -4.93. The van der Waals surface area contributed by atoms with Gasteiger partial charge in [0.25, 0.3) is 6.43 Å². The minimum Gasteiger partial charge on any atom is -0.390 e. The number of nitrogens with zero attached hydrogens (tertiary/aromatic N) is 2. The van der Waals surface area contributed by atoms with Gasteiger partial charge in [-0.25, -0.2) is 13.8 Å². The maximum Gasteiger partial charge on any atom is 0.434 e. The summed E-state index contributed by atoms with van der Waals surface area (Å²) < 4.78 is 62.0. The van der Waals surface area contributed by atoms with Crippen molar-refractivity contribution in [2.45, 2.75) is 19.2 Å². The van der Waals surface area contributed by atoms with Crippen LogP contribution in [0.15, 0.2) is 6.07 Å². The zero-order chi connectivity index (χ0) is 13.2. The van der Waals surface area contributed by atoms with Gasteiger partial charge in [0.05, 0.1) is 17.9 Å². The van der Waals surface area contributed by atoms with Crippen molar-refractivity contribution in [1.29, 1.82) is 5.26 Å². The molecule has 0 bridgehead atoms. The topological polar surface area (TPSA) is 56.9 Å². The molecule has 1 N–H and O–H groups in total. The summed E-state index contributed by atoms with van der Waals surface area (Å²) in [6, 6.07) is 1.55. The molecule has 17 heavy (non-hydrogen) atoms. The molecule has 0 saturated carbocycles. The number of hydrogen-bond donors (Lipinski definition) is 1. The Kier molecular flexibility index (Phi) is 3.63. The Bertz CT molecular complexity index is 464. The number of pyridine rings is 1. The van der Waals surface area contributed by atoms with Crippen molar-refractivity contribution in [2.75, 3.05) is 0 Å². The first kappa shape index (κ1) is 13.3. The van der Waals surface area contributed by atoms with E-state index in [2.05, 4.69) is 4.98 Å². The second-order valence-electron chi connectivity index (χ2n) is 2.99. The molecule has 1 aromatic rings. The molecule has 0 amide bonds. The summed E-state index contributed by atoms with van der Waals surface area (Å²) in [5, 5.41) is 17.1. The first-order valence-corrected chi connectivity index (χ1v) is 4.21. The quantitative estimate of drug-likeness (QED) is 0.822. The molecule has 0 radical (unpaired) electrons. The highest BCUT2D eigenvalue weighted by Gasteiger charge is 2.37. The van der Waals surface area contributed by atoms with Gasteiger partial charge < -0.3 is 5.11 Å². The predicted molar refractivity (Wildman–Crippen MR) is 44.8 cm³/mol. The molecule has 3 nitrogen and oxygen atoms in total. The van der Waals surface area contributed by atoms with Gasteiger partial charge in [-0.2, -0.15) is 18.4 Å². The van der Waals surface area contributed by atoms with E-state index < -0.39 is 41.7 Å². The van der Waals surface area contributed by atoms with Crippen molar-refractivity contribution < 1.29 is 27.1 Å². The number of aromatic nitrogens is 1. The number of hydrogen-bond acceptors (Lipinski definition) is 3. The fraction of sp³-hybridized carbons (Fsp3) is 0.333. The SMILES string of the molecule is N#Cc1cc(C(F)F)c(CO)nc1C(F)(F)F. The molecule has 0 saturated heterocycles. The van der Waals surface area contributed by atoms with Gasteiger partial charge in [-0.1, -0.05) is 0 Å². The lowest BCUT2D eigenvalue weighted by Gasteiger charge is -2.12. The predicted octanol–water partition coefficient (Wildman–Crippen LogP) is 2.40. The van der Waals surface area contributed by atoms with Gasteiger partial charge >= 0.3 is 6.18 Å². The lowest BCUT2D eigenvalue weighted by atomic mass is 10.1. The molecule has 8 heteroatoms. The minimum absolute atomic E-state index is 0.395. The van der Waals surface area contributed by atoms with Gasteiger partial charge in [-0.15, -0.1) is 0 Å². The van der Waals surface area contributed by atoms with Gasteiger partial charge in [0.1, 0.15) is 6.07 Å². The Labute approximate surface area is 92.1 Å². The molecule has 0 aromatic carbocycles. The third-order valence-corrected chi connectivity index (χ3v) is 1.91. The third kappa shape index (κ3) is 2.68. The van der Waals surface area contributed by atoms with Crippen molar-refractivity contribution >= 4 is 0 Å². The fourth-order valence-electron chi connectivity index (χ4n) is 1.18. The van der Waals surface area contributed by atoms with Crippen molar-refractivity contribution in [1.82, 2.24) is 4.98 Å². The first-order chi connectivity index (χ1) is 7.81. The van der Waals surface area contributed by atoms with Crippen LogP contribution in [0.2, 0.25) is 0 Å². The van der Waals surface area contributed by atoms with Crippen LogP contribution in [-0.4, -0.2) is 10.1 Å². The summed E-state index contributed by atoms with van der Waals surface area (Å²) in [4.78, 5) is 2.88. The highest BCUT2D eigenvalue weighted by atomic mass is 19.4. The molecule has 0 fully saturated rings. The van der Waals surface area contributed by atoms with Crippen LogP contribution in [0.3, 0.4) is 0 Å². The first-order valence-electron chi connectivity index (χ1n) is 4.21. The molecule has 92 valence electrons. The van der Waals surface area contributed by atoms with Crippen molar-refractivity contribution in [2.24, 2.45) is 0 Å². The largest absolute Gasteiger partial charge is 0.434 e. The zero-order valence-electron chi connectivity index (χ0n) is 8.09. The molecule has 0 spiro atoms. The summed E-state index contributed by atoms with van der Waals surface area (Å²) >= 11 is 0. The van der Waals surface area contributed by atoms with E-state index in [4.69, 9.17) is 10.4 Å². The Morgan fingerprint density at radius 2 is 2.00 bits per heavy atom. The average Bonchev–Trinajstić information content (AvgIpc) is 2.25. The van der Waals surface area contributed by atoms with Crippen LogP contribution in [0, 0.1) is 11.3 Å². The summed E-state index contributed by atoms with van der Waals surface area (Å²) in [5.41, 5.74) is -4.23. The molecule has 1 aromatic heterocycles. The summed E-state index contributed by atoms with van der Waals surface area (Å²) in [7, 11) is 0. The van der Waals surface area contributed by atoms with Crippen LogP contribution in [0.5, 0.6) is 0 Å². The standard InChI is InChI=1S/C9H5F5N2O/c10-8(11)5-1-4(2-15)7(9(12,13)14)16-6(5)3-17/h1,8,17H,3H2. The number of nitriles is 1. The lowest BCUT2D eigenvalue weighted by Crippen LogP contribution is -2.14. The van der Waals surface area contributed by atoms with Crippen LogP contribution in [0.1, 0.15) is 28.9 Å². The summed E-state index contributed by atoms with van der Waals surface area (Å²) in [6.07, 6.45) is -8.05. The van der Waals surface area contributed by atoms with E-state index in [0.29, 0.717) is 6.07 Å². The van der Waals surface area contributed by atoms with Crippen LogP contribution < -0.4 is 0 Å². The maximum absolute atomic E-state index is 12.4. The number of halogens is 5. The van der Waals surface area contributed by atoms with Crippen molar-refractivity contribution in [3.05, 3.63) is 28.6 Å². The molecule has 0 unspecified atom stereocenters. The van der Waals surface area contributed by atoms with Gasteiger partial charge in [0.2, 0.25) is 0 Å². The molecule has 0 aliphatic carbocycles. The molecular formula is C9H5F5N2O. The van der Waals surface area contributed by atoms with Gasteiger partial charge in [-0.05, 0) is 6.07 Å². The number of alkyl halides is 5. The van der Waals surface area contributed by atoms with Crippen molar-refractivity contribution in [3.8, 4) is 6.07 Å². The lowest BCUT2D eigenvalue weighted by molar-refractivity contribution is -0.141. The van der Waals surface area contributed by atoms with Crippen LogP contribution in [-0.2, 0) is 12.8 Å². The Hall–Kier alpha value is -1.75. The van der Waals surface area contributed by atoms with Gasteiger partial charge in [0, 0.05) is 5.56 Å². The fourth-order valence-corrected chi connectivity index (χ4v) is 1.18. The molecule has 0 aliphatic rings. The van der Waals surface area contributed by atoms with Gasteiger partial charge in [0.15, 0.2) is 5.69 Å². The zero-order valence-corrected chi connectivity index (χ0v) is 8.09. The Morgan fingerprint density at radius 1 is 1.41 bits per heavy atom. The maximum atomic E-state index is 12.4. The number of aliphatic hydroxyl groups is 1. The monoisotopic (exact) mass is 252 g/mol. The van der Waals surface area contributed by atoms with Crippen LogP contribution in [0.4, 0.5) is 22.0 Å². The Balaban J connectivity index is 3.51.